The quantitative estimate of drug-likeness (QED) is 0.825. The van der Waals surface area contributed by atoms with Gasteiger partial charge in [-0.25, -0.2) is 0 Å². The summed E-state index contributed by atoms with van der Waals surface area (Å²) in [6.45, 7) is 1.98. The van der Waals surface area contributed by atoms with Gasteiger partial charge in [0.2, 0.25) is 5.91 Å². The first-order chi connectivity index (χ1) is 11.5. The third-order valence-corrected chi connectivity index (χ3v) is 5.83. The van der Waals surface area contributed by atoms with Gasteiger partial charge in [-0.1, -0.05) is 36.6 Å². The lowest BCUT2D eigenvalue weighted by molar-refractivity contribution is -0.121. The number of phenolic OH excluding ortho intramolecular Hbond substituents is 1. The predicted molar refractivity (Wildman–Crippen MR) is 95.7 cm³/mol. The Bertz CT molecular complexity index is 809. The molecule has 0 spiro atoms. The Hall–Kier alpha value is -2.00. The molecule has 4 heteroatoms. The topological polar surface area (TPSA) is 49.3 Å². The number of hydrogen-bond acceptors (Lipinski definition) is 2. The fraction of sp³-hybridized carbons (Fsp3) is 0.350. The third kappa shape index (κ3) is 2.07. The summed E-state index contributed by atoms with van der Waals surface area (Å²) in [5.74, 6) is 0.489. The lowest BCUT2D eigenvalue weighted by Crippen LogP contribution is -2.42. The van der Waals surface area contributed by atoms with Crippen LogP contribution in [0.2, 0.25) is 5.02 Å². The van der Waals surface area contributed by atoms with Crippen LogP contribution in [0.3, 0.4) is 0 Å². The summed E-state index contributed by atoms with van der Waals surface area (Å²) in [6.07, 6.45) is 4.35. The number of hydrogen-bond donors (Lipinski definition) is 2. The number of nitrogens with one attached hydrogen (secondary N) is 1. The van der Waals surface area contributed by atoms with Crippen LogP contribution < -0.4 is 5.32 Å². The number of aromatic hydroxyl groups is 1. The van der Waals surface area contributed by atoms with Crippen LogP contribution in [0.5, 0.6) is 5.75 Å². The molecule has 0 radical (unpaired) electrons. The molecule has 1 aliphatic heterocycles. The standard InChI is InChI=1S/C20H20ClNO2/c1-12-10-15(21)11-17-18(12)22-19(24)20(17,13-4-2-3-5-13)14-6-8-16(23)9-7-14/h6-11,13,23H,2-5H2,1H3,(H,22,24). The molecule has 24 heavy (non-hydrogen) atoms. The van der Waals surface area contributed by atoms with Crippen molar-refractivity contribution in [2.75, 3.05) is 5.32 Å². The SMILES string of the molecule is Cc1cc(Cl)cc2c1NC(=O)C2(c1ccc(O)cc1)C1CCCC1. The number of carbonyl (C=O) groups is 1. The molecule has 0 aromatic heterocycles. The molecule has 1 fully saturated rings. The highest BCUT2D eigenvalue weighted by atomic mass is 35.5. The van der Waals surface area contributed by atoms with E-state index in [0.29, 0.717) is 5.02 Å². The zero-order valence-corrected chi connectivity index (χ0v) is 14.4. The minimum Gasteiger partial charge on any atom is -0.508 e. The van der Waals surface area contributed by atoms with Gasteiger partial charge in [0.25, 0.3) is 0 Å². The number of aryl methyl sites for hydroxylation is 1. The molecule has 3 nitrogen and oxygen atoms in total. The highest BCUT2D eigenvalue weighted by Crippen LogP contribution is 2.54. The molecule has 2 aromatic rings. The van der Waals surface area contributed by atoms with Crippen molar-refractivity contribution in [2.45, 2.75) is 38.0 Å². The average molecular weight is 342 g/mol. The minimum absolute atomic E-state index is 0.0282. The molecular formula is C20H20ClNO2. The van der Waals surface area contributed by atoms with Crippen molar-refractivity contribution < 1.29 is 9.90 Å². The van der Waals surface area contributed by atoms with Crippen molar-refractivity contribution in [1.82, 2.24) is 0 Å². The maximum Gasteiger partial charge on any atom is 0.239 e. The number of anilines is 1. The Morgan fingerprint density at radius 3 is 2.50 bits per heavy atom. The molecule has 1 amide bonds. The van der Waals surface area contributed by atoms with Gasteiger partial charge in [-0.15, -0.1) is 0 Å². The molecule has 124 valence electrons. The second-order valence-corrected chi connectivity index (χ2v) is 7.37. The second kappa shape index (κ2) is 5.52. The Labute approximate surface area is 146 Å². The molecule has 0 saturated heterocycles. The molecule has 1 aliphatic carbocycles. The van der Waals surface area contributed by atoms with E-state index in [-0.39, 0.29) is 17.6 Å². The van der Waals surface area contributed by atoms with E-state index in [9.17, 15) is 9.90 Å². The normalized spacial score (nSPS) is 23.3. The molecule has 2 aliphatic rings. The van der Waals surface area contributed by atoms with Gasteiger partial charge < -0.3 is 10.4 Å². The molecular weight excluding hydrogens is 322 g/mol. The van der Waals surface area contributed by atoms with Gasteiger partial charge in [0.15, 0.2) is 0 Å². The Balaban J connectivity index is 2.01. The third-order valence-electron chi connectivity index (χ3n) is 5.61. The number of rotatable bonds is 2. The van der Waals surface area contributed by atoms with Gasteiger partial charge in [0.05, 0.1) is 0 Å². The lowest BCUT2D eigenvalue weighted by atomic mass is 9.65. The van der Waals surface area contributed by atoms with Gasteiger partial charge in [-0.05, 0) is 66.6 Å². The highest BCUT2D eigenvalue weighted by molar-refractivity contribution is 6.31. The molecule has 2 N–H and O–H groups in total. The second-order valence-electron chi connectivity index (χ2n) is 6.94. The monoisotopic (exact) mass is 341 g/mol. The zero-order chi connectivity index (χ0) is 16.9. The Morgan fingerprint density at radius 2 is 1.83 bits per heavy atom. The van der Waals surface area contributed by atoms with E-state index in [1.807, 2.05) is 31.2 Å². The molecule has 1 unspecified atom stereocenters. The predicted octanol–water partition coefficient (Wildman–Crippen LogP) is 4.78. The van der Waals surface area contributed by atoms with E-state index in [2.05, 4.69) is 5.32 Å². The van der Waals surface area contributed by atoms with Crippen molar-refractivity contribution >= 4 is 23.2 Å². The number of benzene rings is 2. The zero-order valence-electron chi connectivity index (χ0n) is 13.6. The van der Waals surface area contributed by atoms with Crippen LogP contribution in [0.15, 0.2) is 36.4 Å². The van der Waals surface area contributed by atoms with Crippen LogP contribution in [0.25, 0.3) is 0 Å². The lowest BCUT2D eigenvalue weighted by Gasteiger charge is -2.34. The first-order valence-corrected chi connectivity index (χ1v) is 8.83. The van der Waals surface area contributed by atoms with Gasteiger partial charge >= 0.3 is 0 Å². The van der Waals surface area contributed by atoms with Gasteiger partial charge in [-0.3, -0.25) is 4.79 Å². The van der Waals surface area contributed by atoms with Gasteiger partial charge in [-0.2, -0.15) is 0 Å². The highest BCUT2D eigenvalue weighted by Gasteiger charge is 2.54. The largest absolute Gasteiger partial charge is 0.508 e. The van der Waals surface area contributed by atoms with Crippen LogP contribution >= 0.6 is 11.6 Å². The van der Waals surface area contributed by atoms with Crippen LogP contribution in [0.4, 0.5) is 5.69 Å². The number of carbonyl (C=O) groups excluding carboxylic acids is 1. The van der Waals surface area contributed by atoms with E-state index in [1.165, 1.54) is 0 Å². The van der Waals surface area contributed by atoms with Crippen molar-refractivity contribution in [3.05, 3.63) is 58.1 Å². The molecule has 1 heterocycles. The number of amides is 1. The first kappa shape index (κ1) is 15.5. The van der Waals surface area contributed by atoms with Gasteiger partial charge in [0.1, 0.15) is 11.2 Å². The average Bonchev–Trinajstić information content (AvgIpc) is 3.15. The Morgan fingerprint density at radius 1 is 1.17 bits per heavy atom. The molecule has 4 rings (SSSR count). The summed E-state index contributed by atoms with van der Waals surface area (Å²) < 4.78 is 0. The van der Waals surface area contributed by atoms with E-state index >= 15 is 0 Å². The van der Waals surface area contributed by atoms with Crippen molar-refractivity contribution in [3.63, 3.8) is 0 Å². The number of phenols is 1. The van der Waals surface area contributed by atoms with E-state index in [1.54, 1.807) is 12.1 Å². The molecule has 1 atom stereocenters. The van der Waals surface area contributed by atoms with Gasteiger partial charge in [0, 0.05) is 10.7 Å². The maximum atomic E-state index is 13.3. The fourth-order valence-electron chi connectivity index (χ4n) is 4.57. The maximum absolute atomic E-state index is 13.3. The smallest absolute Gasteiger partial charge is 0.239 e. The van der Waals surface area contributed by atoms with Crippen molar-refractivity contribution in [1.29, 1.82) is 0 Å². The summed E-state index contributed by atoms with van der Waals surface area (Å²) in [7, 11) is 0. The van der Waals surface area contributed by atoms with Crippen molar-refractivity contribution in [2.24, 2.45) is 5.92 Å². The van der Waals surface area contributed by atoms with Crippen LogP contribution in [0.1, 0.15) is 42.4 Å². The summed E-state index contributed by atoms with van der Waals surface area (Å²) >= 11 is 6.34. The Kier molecular flexibility index (Phi) is 3.57. The summed E-state index contributed by atoms with van der Waals surface area (Å²) in [6, 6.07) is 10.9. The van der Waals surface area contributed by atoms with E-state index < -0.39 is 5.41 Å². The molecule has 1 saturated carbocycles. The van der Waals surface area contributed by atoms with E-state index in [4.69, 9.17) is 11.6 Å². The summed E-state index contributed by atoms with van der Waals surface area (Å²) in [4.78, 5) is 13.3. The minimum atomic E-state index is -0.713. The summed E-state index contributed by atoms with van der Waals surface area (Å²) in [5.41, 5.74) is 3.09. The van der Waals surface area contributed by atoms with Crippen LogP contribution in [-0.4, -0.2) is 11.0 Å². The fourth-order valence-corrected chi connectivity index (χ4v) is 4.84. The first-order valence-electron chi connectivity index (χ1n) is 8.45. The summed E-state index contributed by atoms with van der Waals surface area (Å²) in [5, 5.41) is 13.4. The van der Waals surface area contributed by atoms with Crippen LogP contribution in [0, 0.1) is 12.8 Å². The number of halogens is 1. The van der Waals surface area contributed by atoms with Crippen molar-refractivity contribution in [3.8, 4) is 5.75 Å². The van der Waals surface area contributed by atoms with E-state index in [0.717, 1.165) is 48.1 Å². The molecule has 0 bridgehead atoms. The molecule has 2 aromatic carbocycles. The number of fused-ring (bicyclic) bond motifs is 1. The van der Waals surface area contributed by atoms with Crippen LogP contribution in [-0.2, 0) is 10.2 Å².